The SMILES string of the molecule is N#C[C@@H](C(=O)N/N=C\c1ccc(-c2ccc(Cl)c(C(=O)O)c2)o1)c1ccccc1. The number of amides is 1. The lowest BCUT2D eigenvalue weighted by Crippen LogP contribution is -2.24. The average Bonchev–Trinajstić information content (AvgIpc) is 3.18. The Hall–Kier alpha value is -3.89. The number of aromatic carboxylic acids is 1. The Balaban J connectivity index is 1.70. The second-order valence-corrected chi connectivity index (χ2v) is 6.32. The van der Waals surface area contributed by atoms with Gasteiger partial charge in [0.05, 0.1) is 22.9 Å². The van der Waals surface area contributed by atoms with Crippen molar-refractivity contribution in [2.75, 3.05) is 0 Å². The second-order valence-electron chi connectivity index (χ2n) is 5.91. The summed E-state index contributed by atoms with van der Waals surface area (Å²) in [5.41, 5.74) is 3.38. The van der Waals surface area contributed by atoms with Crippen LogP contribution in [0.15, 0.2) is 70.2 Å². The number of carboxylic acids is 1. The third-order valence-electron chi connectivity index (χ3n) is 4.00. The minimum absolute atomic E-state index is 0.0356. The van der Waals surface area contributed by atoms with Crippen LogP contribution in [0, 0.1) is 11.3 Å². The summed E-state index contributed by atoms with van der Waals surface area (Å²) < 4.78 is 5.60. The van der Waals surface area contributed by atoms with Crippen LogP contribution < -0.4 is 5.43 Å². The first kappa shape index (κ1) is 19.9. The third kappa shape index (κ3) is 4.69. The van der Waals surface area contributed by atoms with Crippen molar-refractivity contribution in [2.45, 2.75) is 5.92 Å². The van der Waals surface area contributed by atoms with E-state index in [0.29, 0.717) is 22.6 Å². The number of hydrazone groups is 1. The van der Waals surface area contributed by atoms with Gasteiger partial charge in [0.1, 0.15) is 11.5 Å². The molecule has 0 aliphatic carbocycles. The summed E-state index contributed by atoms with van der Waals surface area (Å²) >= 11 is 5.87. The molecule has 29 heavy (non-hydrogen) atoms. The standard InChI is InChI=1S/C21H14ClN3O4/c22-18-8-6-14(10-16(18)21(27)28)19-9-7-15(29-19)12-24-25-20(26)17(11-23)13-4-2-1-3-5-13/h1-10,12,17H,(H,25,26)(H,27,28)/b24-12-/t17-/m1/s1. The molecule has 3 rings (SSSR count). The summed E-state index contributed by atoms with van der Waals surface area (Å²) in [6.45, 7) is 0. The molecule has 7 nitrogen and oxygen atoms in total. The monoisotopic (exact) mass is 407 g/mol. The number of nitrogens with one attached hydrogen (secondary N) is 1. The van der Waals surface area contributed by atoms with Gasteiger partial charge < -0.3 is 9.52 Å². The van der Waals surface area contributed by atoms with Crippen LogP contribution >= 0.6 is 11.6 Å². The molecule has 8 heteroatoms. The first-order chi connectivity index (χ1) is 14.0. The zero-order chi connectivity index (χ0) is 20.8. The number of halogens is 1. The number of carbonyl (C=O) groups is 2. The summed E-state index contributed by atoms with van der Waals surface area (Å²) in [7, 11) is 0. The highest BCUT2D eigenvalue weighted by Crippen LogP contribution is 2.26. The lowest BCUT2D eigenvalue weighted by Gasteiger charge is -2.06. The predicted octanol–water partition coefficient (Wildman–Crippen LogP) is 4.06. The Morgan fingerprint density at radius 3 is 2.62 bits per heavy atom. The smallest absolute Gasteiger partial charge is 0.337 e. The molecule has 1 heterocycles. The number of furan rings is 1. The molecule has 3 aromatic rings. The number of hydrogen-bond acceptors (Lipinski definition) is 5. The molecule has 2 N–H and O–H groups in total. The van der Waals surface area contributed by atoms with E-state index in [9.17, 15) is 14.9 Å². The summed E-state index contributed by atoms with van der Waals surface area (Å²) in [4.78, 5) is 23.4. The van der Waals surface area contributed by atoms with Gasteiger partial charge in [-0.05, 0) is 35.9 Å². The van der Waals surface area contributed by atoms with E-state index in [2.05, 4.69) is 10.5 Å². The molecule has 0 aliphatic heterocycles. The van der Waals surface area contributed by atoms with Crippen LogP contribution in [0.5, 0.6) is 0 Å². The highest BCUT2D eigenvalue weighted by Gasteiger charge is 2.19. The van der Waals surface area contributed by atoms with Crippen molar-refractivity contribution in [1.29, 1.82) is 5.26 Å². The van der Waals surface area contributed by atoms with E-state index in [1.165, 1.54) is 18.3 Å². The highest BCUT2D eigenvalue weighted by atomic mass is 35.5. The van der Waals surface area contributed by atoms with Gasteiger partial charge in [0.25, 0.3) is 5.91 Å². The molecule has 0 spiro atoms. The van der Waals surface area contributed by atoms with E-state index in [4.69, 9.17) is 21.1 Å². The van der Waals surface area contributed by atoms with E-state index < -0.39 is 17.8 Å². The van der Waals surface area contributed by atoms with Crippen LogP contribution in [0.2, 0.25) is 5.02 Å². The van der Waals surface area contributed by atoms with Gasteiger partial charge in [-0.1, -0.05) is 41.9 Å². The fraction of sp³-hybridized carbons (Fsp3) is 0.0476. The van der Waals surface area contributed by atoms with Crippen LogP contribution in [0.1, 0.15) is 27.6 Å². The number of carboxylic acid groups (broad SMARTS) is 1. The minimum Gasteiger partial charge on any atom is -0.478 e. The first-order valence-electron chi connectivity index (χ1n) is 8.40. The maximum atomic E-state index is 12.2. The van der Waals surface area contributed by atoms with Gasteiger partial charge in [-0.2, -0.15) is 10.4 Å². The fourth-order valence-corrected chi connectivity index (χ4v) is 2.77. The number of hydrogen-bond donors (Lipinski definition) is 2. The van der Waals surface area contributed by atoms with E-state index in [0.717, 1.165) is 0 Å². The van der Waals surface area contributed by atoms with Crippen LogP contribution in [-0.4, -0.2) is 23.2 Å². The zero-order valence-corrected chi connectivity index (χ0v) is 15.6. The molecule has 2 aromatic carbocycles. The third-order valence-corrected chi connectivity index (χ3v) is 4.33. The molecule has 1 atom stereocenters. The maximum Gasteiger partial charge on any atom is 0.337 e. The Labute approximate surface area is 170 Å². The van der Waals surface area contributed by atoms with Gasteiger partial charge in [-0.3, -0.25) is 4.79 Å². The zero-order valence-electron chi connectivity index (χ0n) is 14.9. The molecule has 0 bridgehead atoms. The normalized spacial score (nSPS) is 11.7. The van der Waals surface area contributed by atoms with Gasteiger partial charge in [0.2, 0.25) is 0 Å². The minimum atomic E-state index is -1.14. The summed E-state index contributed by atoms with van der Waals surface area (Å²) in [5, 5.41) is 22.3. The number of nitriles is 1. The lowest BCUT2D eigenvalue weighted by atomic mass is 10.0. The molecule has 1 amide bonds. The van der Waals surface area contributed by atoms with Crippen LogP contribution in [0.25, 0.3) is 11.3 Å². The quantitative estimate of drug-likeness (QED) is 0.472. The van der Waals surface area contributed by atoms with E-state index in [-0.39, 0.29) is 10.6 Å². The highest BCUT2D eigenvalue weighted by molar-refractivity contribution is 6.33. The molecule has 0 unspecified atom stereocenters. The summed E-state index contributed by atoms with van der Waals surface area (Å²) in [6, 6.07) is 18.4. The number of nitrogens with zero attached hydrogens (tertiary/aromatic N) is 2. The molecule has 144 valence electrons. The van der Waals surface area contributed by atoms with Crippen molar-refractivity contribution in [3.05, 3.63) is 82.6 Å². The largest absolute Gasteiger partial charge is 0.478 e. The van der Waals surface area contributed by atoms with Crippen molar-refractivity contribution < 1.29 is 19.1 Å². The molecule has 0 fully saturated rings. The first-order valence-corrected chi connectivity index (χ1v) is 8.78. The molecule has 1 aromatic heterocycles. The predicted molar refractivity (Wildman–Crippen MR) is 107 cm³/mol. The average molecular weight is 408 g/mol. The van der Waals surface area contributed by atoms with Crippen molar-refractivity contribution in [2.24, 2.45) is 5.10 Å². The van der Waals surface area contributed by atoms with Gasteiger partial charge in [0.15, 0.2) is 5.92 Å². The van der Waals surface area contributed by atoms with Crippen molar-refractivity contribution in [3.8, 4) is 17.4 Å². The molecule has 0 radical (unpaired) electrons. The summed E-state index contributed by atoms with van der Waals surface area (Å²) in [5.74, 6) is -1.94. The number of rotatable bonds is 6. The van der Waals surface area contributed by atoms with E-state index >= 15 is 0 Å². The fourth-order valence-electron chi connectivity index (χ4n) is 2.57. The molecule has 0 saturated heterocycles. The van der Waals surface area contributed by atoms with Gasteiger partial charge in [-0.15, -0.1) is 0 Å². The lowest BCUT2D eigenvalue weighted by molar-refractivity contribution is -0.121. The summed E-state index contributed by atoms with van der Waals surface area (Å²) in [6.07, 6.45) is 1.29. The molecular formula is C21H14ClN3O4. The number of benzene rings is 2. The van der Waals surface area contributed by atoms with Crippen molar-refractivity contribution in [3.63, 3.8) is 0 Å². The Kier molecular flexibility index (Phi) is 6.07. The second kappa shape index (κ2) is 8.87. The van der Waals surface area contributed by atoms with Gasteiger partial charge in [0, 0.05) is 5.56 Å². The number of carbonyl (C=O) groups excluding carboxylic acids is 1. The van der Waals surface area contributed by atoms with E-state index in [1.54, 1.807) is 48.5 Å². The molecule has 0 aliphatic rings. The Morgan fingerprint density at radius 1 is 1.17 bits per heavy atom. The molecule has 0 saturated carbocycles. The van der Waals surface area contributed by atoms with Gasteiger partial charge in [-0.25, -0.2) is 10.2 Å². The topological polar surface area (TPSA) is 116 Å². The Morgan fingerprint density at radius 2 is 1.93 bits per heavy atom. The maximum absolute atomic E-state index is 12.2. The van der Waals surface area contributed by atoms with E-state index in [1.807, 2.05) is 6.07 Å². The van der Waals surface area contributed by atoms with Crippen LogP contribution in [-0.2, 0) is 4.79 Å². The molecular weight excluding hydrogens is 394 g/mol. The Bertz CT molecular complexity index is 1120. The van der Waals surface area contributed by atoms with Gasteiger partial charge >= 0.3 is 5.97 Å². The van der Waals surface area contributed by atoms with Crippen LogP contribution in [0.4, 0.5) is 0 Å². The van der Waals surface area contributed by atoms with Crippen molar-refractivity contribution >= 4 is 29.7 Å². The van der Waals surface area contributed by atoms with Crippen molar-refractivity contribution in [1.82, 2.24) is 5.43 Å². The van der Waals surface area contributed by atoms with Crippen LogP contribution in [0.3, 0.4) is 0 Å².